The largest absolute Gasteiger partial charge is 0.352 e. The summed E-state index contributed by atoms with van der Waals surface area (Å²) in [6, 6.07) is 0.319. The van der Waals surface area contributed by atoms with E-state index < -0.39 is 0 Å². The van der Waals surface area contributed by atoms with Gasteiger partial charge >= 0.3 is 6.03 Å². The molecule has 4 rings (SSSR count). The average Bonchev–Trinajstić information content (AvgIpc) is 3.32. The average molecular weight is 392 g/mol. The van der Waals surface area contributed by atoms with Gasteiger partial charge in [-0.15, -0.1) is 11.3 Å². The Morgan fingerprint density at radius 2 is 1.96 bits per heavy atom. The van der Waals surface area contributed by atoms with Gasteiger partial charge in [0.2, 0.25) is 5.91 Å². The predicted octanol–water partition coefficient (Wildman–Crippen LogP) is 2.19. The normalized spacial score (nSPS) is 22.2. The Balaban J connectivity index is 1.27. The molecular formula is C19H29N5O2S. The molecule has 2 fully saturated rings. The van der Waals surface area contributed by atoms with Crippen LogP contribution in [0, 0.1) is 0 Å². The number of nitrogens with one attached hydrogen (secondary N) is 2. The highest BCUT2D eigenvalue weighted by molar-refractivity contribution is 7.15. The number of nitrogens with zero attached hydrogens (tertiary/aromatic N) is 3. The summed E-state index contributed by atoms with van der Waals surface area (Å²) in [6.45, 7) is 7.63. The molecule has 0 bridgehead atoms. The molecule has 27 heavy (non-hydrogen) atoms. The van der Waals surface area contributed by atoms with Crippen LogP contribution in [0.1, 0.15) is 50.1 Å². The van der Waals surface area contributed by atoms with E-state index in [0.29, 0.717) is 30.8 Å². The van der Waals surface area contributed by atoms with E-state index in [-0.39, 0.29) is 17.4 Å². The first-order valence-electron chi connectivity index (χ1n) is 9.98. The molecule has 148 valence electrons. The molecule has 1 aliphatic heterocycles. The van der Waals surface area contributed by atoms with Gasteiger partial charge < -0.3 is 10.2 Å². The molecule has 8 heteroatoms. The van der Waals surface area contributed by atoms with Gasteiger partial charge in [-0.2, -0.15) is 0 Å². The number of hydrogen-bond donors (Lipinski definition) is 2. The van der Waals surface area contributed by atoms with E-state index in [1.54, 1.807) is 11.3 Å². The van der Waals surface area contributed by atoms with Crippen molar-refractivity contribution >= 4 is 28.4 Å². The van der Waals surface area contributed by atoms with E-state index in [1.165, 1.54) is 11.3 Å². The lowest BCUT2D eigenvalue weighted by Crippen LogP contribution is -2.52. The molecule has 1 aromatic heterocycles. The highest BCUT2D eigenvalue weighted by atomic mass is 32.1. The molecule has 2 aliphatic carbocycles. The SMILES string of the molecule is CC1(C)CCCc2sc(NC(=O)N3CCN(CC(=O)NC4CC4)CC3)nc21. The number of anilines is 1. The first-order chi connectivity index (χ1) is 12.9. The van der Waals surface area contributed by atoms with Gasteiger partial charge in [0.25, 0.3) is 0 Å². The van der Waals surface area contributed by atoms with Crippen molar-refractivity contribution in [3.8, 4) is 0 Å². The topological polar surface area (TPSA) is 77.6 Å². The number of hydrogen-bond acceptors (Lipinski definition) is 5. The maximum Gasteiger partial charge on any atom is 0.323 e. The number of carbonyl (C=O) groups is 2. The lowest BCUT2D eigenvalue weighted by atomic mass is 9.79. The Morgan fingerprint density at radius 3 is 2.63 bits per heavy atom. The highest BCUT2D eigenvalue weighted by Gasteiger charge is 2.32. The van der Waals surface area contributed by atoms with Gasteiger partial charge in [0.05, 0.1) is 12.2 Å². The zero-order chi connectivity index (χ0) is 19.0. The van der Waals surface area contributed by atoms with Gasteiger partial charge in [-0.1, -0.05) is 13.8 Å². The molecule has 1 saturated carbocycles. The van der Waals surface area contributed by atoms with Crippen LogP contribution in [0.2, 0.25) is 0 Å². The zero-order valence-corrected chi connectivity index (χ0v) is 17.0. The van der Waals surface area contributed by atoms with Crippen molar-refractivity contribution in [2.45, 2.75) is 57.4 Å². The second kappa shape index (κ2) is 7.39. The molecule has 2 heterocycles. The van der Waals surface area contributed by atoms with Crippen LogP contribution in [0.3, 0.4) is 0 Å². The van der Waals surface area contributed by atoms with Crippen molar-refractivity contribution < 1.29 is 9.59 Å². The molecule has 1 aromatic rings. The van der Waals surface area contributed by atoms with E-state index in [9.17, 15) is 9.59 Å². The number of amides is 3. The van der Waals surface area contributed by atoms with Crippen LogP contribution >= 0.6 is 11.3 Å². The van der Waals surface area contributed by atoms with Crippen molar-refractivity contribution in [1.82, 2.24) is 20.1 Å². The van der Waals surface area contributed by atoms with E-state index in [4.69, 9.17) is 4.98 Å². The second-order valence-electron chi connectivity index (χ2n) is 8.56. The minimum atomic E-state index is -0.0824. The molecule has 1 saturated heterocycles. The molecule has 7 nitrogen and oxygen atoms in total. The van der Waals surface area contributed by atoms with E-state index in [0.717, 1.165) is 44.5 Å². The molecule has 3 amide bonds. The molecule has 3 aliphatic rings. The number of aryl methyl sites for hydroxylation is 1. The summed E-state index contributed by atoms with van der Waals surface area (Å²) in [6.07, 6.45) is 5.61. The lowest BCUT2D eigenvalue weighted by molar-refractivity contribution is -0.122. The molecule has 2 N–H and O–H groups in total. The summed E-state index contributed by atoms with van der Waals surface area (Å²) in [5.74, 6) is 0.103. The van der Waals surface area contributed by atoms with Crippen LogP contribution in [-0.4, -0.2) is 65.5 Å². The third-order valence-electron chi connectivity index (χ3n) is 5.73. The van der Waals surface area contributed by atoms with Crippen molar-refractivity contribution in [3.05, 3.63) is 10.6 Å². The van der Waals surface area contributed by atoms with Crippen LogP contribution in [0.5, 0.6) is 0 Å². The number of carbonyl (C=O) groups excluding carboxylic acids is 2. The molecule has 0 unspecified atom stereocenters. The van der Waals surface area contributed by atoms with Crippen LogP contribution in [0.25, 0.3) is 0 Å². The summed E-state index contributed by atoms with van der Waals surface area (Å²) in [5.41, 5.74) is 1.25. The molecule has 0 spiro atoms. The van der Waals surface area contributed by atoms with Crippen molar-refractivity contribution in [2.75, 3.05) is 38.0 Å². The van der Waals surface area contributed by atoms with Crippen molar-refractivity contribution in [1.29, 1.82) is 0 Å². The fraction of sp³-hybridized carbons (Fsp3) is 0.737. The third-order valence-corrected chi connectivity index (χ3v) is 6.76. The van der Waals surface area contributed by atoms with Gasteiger partial charge in [0.15, 0.2) is 5.13 Å². The first-order valence-corrected chi connectivity index (χ1v) is 10.8. The van der Waals surface area contributed by atoms with Crippen LogP contribution in [-0.2, 0) is 16.6 Å². The quantitative estimate of drug-likeness (QED) is 0.825. The molecule has 0 aromatic carbocycles. The third kappa shape index (κ3) is 4.43. The standard InChI is InChI=1S/C19H29N5O2S/c1-19(2)7-3-4-14-16(19)21-17(27-14)22-18(26)24-10-8-23(9-11-24)12-15(25)20-13-5-6-13/h13H,3-12H2,1-2H3,(H,20,25)(H,21,22,26). The van der Waals surface area contributed by atoms with E-state index in [1.807, 2.05) is 4.90 Å². The maximum absolute atomic E-state index is 12.6. The Morgan fingerprint density at radius 1 is 1.22 bits per heavy atom. The summed E-state index contributed by atoms with van der Waals surface area (Å²) >= 11 is 1.62. The minimum absolute atomic E-state index is 0.0824. The summed E-state index contributed by atoms with van der Waals surface area (Å²) in [7, 11) is 0. The fourth-order valence-electron chi connectivity index (χ4n) is 3.90. The fourth-order valence-corrected chi connectivity index (χ4v) is 5.07. The molecule has 0 radical (unpaired) electrons. The minimum Gasteiger partial charge on any atom is -0.352 e. The number of urea groups is 1. The Kier molecular flexibility index (Phi) is 5.11. The van der Waals surface area contributed by atoms with Crippen LogP contribution in [0.4, 0.5) is 9.93 Å². The zero-order valence-electron chi connectivity index (χ0n) is 16.2. The Hall–Kier alpha value is -1.67. The summed E-state index contributed by atoms with van der Waals surface area (Å²) in [4.78, 5) is 34.5. The van der Waals surface area contributed by atoms with E-state index in [2.05, 4.69) is 29.4 Å². The Labute approximate surface area is 164 Å². The van der Waals surface area contributed by atoms with Gasteiger partial charge in [0, 0.05) is 42.5 Å². The van der Waals surface area contributed by atoms with Crippen LogP contribution < -0.4 is 10.6 Å². The van der Waals surface area contributed by atoms with Crippen LogP contribution in [0.15, 0.2) is 0 Å². The number of fused-ring (bicyclic) bond motifs is 1. The summed E-state index contributed by atoms with van der Waals surface area (Å²) < 4.78 is 0. The smallest absolute Gasteiger partial charge is 0.323 e. The van der Waals surface area contributed by atoms with Gasteiger partial charge in [-0.05, 0) is 32.1 Å². The van der Waals surface area contributed by atoms with E-state index >= 15 is 0 Å². The summed E-state index contributed by atoms with van der Waals surface area (Å²) in [5, 5.41) is 6.73. The molecule has 0 atom stereocenters. The van der Waals surface area contributed by atoms with Crippen molar-refractivity contribution in [2.24, 2.45) is 0 Å². The van der Waals surface area contributed by atoms with Gasteiger partial charge in [-0.3, -0.25) is 15.0 Å². The maximum atomic E-state index is 12.6. The second-order valence-corrected chi connectivity index (χ2v) is 9.65. The monoisotopic (exact) mass is 391 g/mol. The van der Waals surface area contributed by atoms with Crippen molar-refractivity contribution in [3.63, 3.8) is 0 Å². The Bertz CT molecular complexity index is 720. The number of piperazine rings is 1. The highest BCUT2D eigenvalue weighted by Crippen LogP contribution is 2.40. The molecular weight excluding hydrogens is 362 g/mol. The lowest BCUT2D eigenvalue weighted by Gasteiger charge is -2.34. The predicted molar refractivity (Wildman–Crippen MR) is 106 cm³/mol. The number of thiazole rings is 1. The number of aromatic nitrogens is 1. The number of rotatable bonds is 4. The first kappa shape index (κ1) is 18.7. The van der Waals surface area contributed by atoms with Gasteiger partial charge in [-0.25, -0.2) is 9.78 Å². The van der Waals surface area contributed by atoms with Gasteiger partial charge in [0.1, 0.15) is 0 Å².